The van der Waals surface area contributed by atoms with E-state index in [0.29, 0.717) is 29.3 Å². The molecule has 0 fully saturated rings. The minimum Gasteiger partial charge on any atom is -0.453 e. The van der Waals surface area contributed by atoms with Gasteiger partial charge in [-0.2, -0.15) is 0 Å². The maximum Gasteiger partial charge on any atom is 0.263 e. The minimum atomic E-state index is -0.225. The Hall–Kier alpha value is -2.77. The Labute approximate surface area is 184 Å². The van der Waals surface area contributed by atoms with Gasteiger partial charge in [-0.15, -0.1) is 11.3 Å². The van der Waals surface area contributed by atoms with Crippen LogP contribution in [0.25, 0.3) is 21.2 Å². The fourth-order valence-electron chi connectivity index (χ4n) is 4.37. The third kappa shape index (κ3) is 3.62. The highest BCUT2D eigenvalue weighted by Crippen LogP contribution is 2.36. The molecule has 6 nitrogen and oxygen atoms in total. The Bertz CT molecular complexity index is 1330. The Balaban J connectivity index is 1.61. The molecular formula is C24H25N3O3S. The van der Waals surface area contributed by atoms with Gasteiger partial charge < -0.3 is 9.32 Å². The summed E-state index contributed by atoms with van der Waals surface area (Å²) >= 11 is 1.64. The number of aromatic nitrogens is 2. The summed E-state index contributed by atoms with van der Waals surface area (Å²) < 4.78 is 7.29. The van der Waals surface area contributed by atoms with Gasteiger partial charge in [-0.05, 0) is 57.0 Å². The van der Waals surface area contributed by atoms with E-state index in [-0.39, 0.29) is 23.6 Å². The van der Waals surface area contributed by atoms with E-state index in [4.69, 9.17) is 9.40 Å². The molecule has 5 rings (SSSR count). The highest BCUT2D eigenvalue weighted by atomic mass is 32.1. The third-order valence-corrected chi connectivity index (χ3v) is 7.10. The predicted octanol–water partition coefficient (Wildman–Crippen LogP) is 4.27. The Kier molecular flexibility index (Phi) is 5.02. The Morgan fingerprint density at radius 2 is 2.13 bits per heavy atom. The standard InChI is InChI=1S/C24H25N3O3S/c1-14-8-9-16-20(10-14)31-23-22(16)24(29)27(21(25-23)13-26(2)3)12-17(28)19-11-15-6-4-5-7-18(15)30-19/h4-7,11,14H,8-10,12-13H2,1-3H3. The number of fused-ring (bicyclic) bond motifs is 4. The van der Waals surface area contributed by atoms with Crippen molar-refractivity contribution in [2.75, 3.05) is 14.1 Å². The normalized spacial score (nSPS) is 16.3. The maximum atomic E-state index is 13.6. The topological polar surface area (TPSA) is 68.3 Å². The molecule has 0 amide bonds. The number of carbonyl (C=O) groups excluding carboxylic acids is 1. The highest BCUT2D eigenvalue weighted by Gasteiger charge is 2.26. The molecule has 1 atom stereocenters. The van der Waals surface area contributed by atoms with Gasteiger partial charge in [0.1, 0.15) is 16.2 Å². The molecule has 4 aromatic rings. The van der Waals surface area contributed by atoms with Gasteiger partial charge in [0.2, 0.25) is 5.78 Å². The van der Waals surface area contributed by atoms with Crippen LogP contribution in [0.1, 0.15) is 40.2 Å². The first-order valence-corrected chi connectivity index (χ1v) is 11.4. The number of carbonyl (C=O) groups is 1. The van der Waals surface area contributed by atoms with E-state index in [0.717, 1.165) is 35.0 Å². The third-order valence-electron chi connectivity index (χ3n) is 5.95. The average molecular weight is 436 g/mol. The number of benzene rings is 1. The zero-order valence-corrected chi connectivity index (χ0v) is 18.8. The van der Waals surface area contributed by atoms with Gasteiger partial charge in [-0.3, -0.25) is 14.2 Å². The first kappa shape index (κ1) is 20.2. The van der Waals surface area contributed by atoms with Crippen LogP contribution < -0.4 is 5.56 Å². The van der Waals surface area contributed by atoms with Crippen LogP contribution >= 0.6 is 11.3 Å². The van der Waals surface area contributed by atoms with Crippen LogP contribution in [-0.2, 0) is 25.9 Å². The lowest BCUT2D eigenvalue weighted by atomic mass is 9.89. The van der Waals surface area contributed by atoms with Crippen molar-refractivity contribution < 1.29 is 9.21 Å². The van der Waals surface area contributed by atoms with E-state index in [2.05, 4.69) is 6.92 Å². The molecule has 3 aromatic heterocycles. The van der Waals surface area contributed by atoms with Crippen LogP contribution in [-0.4, -0.2) is 34.3 Å². The fraction of sp³-hybridized carbons (Fsp3) is 0.375. The number of ketones is 1. The van der Waals surface area contributed by atoms with Crippen molar-refractivity contribution in [3.8, 4) is 0 Å². The molecule has 0 saturated heterocycles. The molecular weight excluding hydrogens is 410 g/mol. The molecule has 0 radical (unpaired) electrons. The molecule has 0 bridgehead atoms. The van der Waals surface area contributed by atoms with Crippen molar-refractivity contribution in [3.63, 3.8) is 0 Å². The summed E-state index contributed by atoms with van der Waals surface area (Å²) in [4.78, 5) is 35.6. The van der Waals surface area contributed by atoms with Crippen molar-refractivity contribution in [2.24, 2.45) is 5.92 Å². The van der Waals surface area contributed by atoms with Gasteiger partial charge in [0.15, 0.2) is 5.76 Å². The van der Waals surface area contributed by atoms with Gasteiger partial charge in [-0.1, -0.05) is 25.1 Å². The zero-order chi connectivity index (χ0) is 21.7. The monoisotopic (exact) mass is 435 g/mol. The zero-order valence-electron chi connectivity index (χ0n) is 18.0. The summed E-state index contributed by atoms with van der Waals surface area (Å²) in [6.45, 7) is 2.66. The quantitative estimate of drug-likeness (QED) is 0.438. The molecule has 0 spiro atoms. The summed E-state index contributed by atoms with van der Waals surface area (Å²) in [5, 5.41) is 1.58. The average Bonchev–Trinajstić information content (AvgIpc) is 3.31. The van der Waals surface area contributed by atoms with Crippen LogP contribution in [0.4, 0.5) is 0 Å². The van der Waals surface area contributed by atoms with E-state index in [1.165, 1.54) is 4.88 Å². The molecule has 1 aromatic carbocycles. The second kappa shape index (κ2) is 7.73. The Morgan fingerprint density at radius 3 is 2.90 bits per heavy atom. The lowest BCUT2D eigenvalue weighted by Crippen LogP contribution is -2.31. The van der Waals surface area contributed by atoms with Crippen LogP contribution in [0, 0.1) is 5.92 Å². The van der Waals surface area contributed by atoms with Gasteiger partial charge in [-0.25, -0.2) is 4.98 Å². The smallest absolute Gasteiger partial charge is 0.263 e. The van der Waals surface area contributed by atoms with Crippen molar-refractivity contribution in [1.29, 1.82) is 0 Å². The first-order valence-electron chi connectivity index (χ1n) is 10.6. The fourth-order valence-corrected chi connectivity index (χ4v) is 5.77. The molecule has 0 aliphatic heterocycles. The van der Waals surface area contributed by atoms with Gasteiger partial charge >= 0.3 is 0 Å². The molecule has 160 valence electrons. The van der Waals surface area contributed by atoms with Crippen LogP contribution in [0.5, 0.6) is 0 Å². The number of nitrogens with zero attached hydrogens (tertiary/aromatic N) is 3. The minimum absolute atomic E-state index is 0.0776. The SMILES string of the molecule is CC1CCc2c(sc3nc(CN(C)C)n(CC(=O)c4cc5ccccc5o4)c(=O)c23)C1. The largest absolute Gasteiger partial charge is 0.453 e. The molecule has 31 heavy (non-hydrogen) atoms. The molecule has 1 aliphatic carbocycles. The van der Waals surface area contributed by atoms with E-state index in [1.807, 2.05) is 43.3 Å². The van der Waals surface area contributed by atoms with Crippen molar-refractivity contribution in [3.05, 3.63) is 62.7 Å². The predicted molar refractivity (Wildman–Crippen MR) is 123 cm³/mol. The summed E-state index contributed by atoms with van der Waals surface area (Å²) in [6, 6.07) is 9.27. The molecule has 1 unspecified atom stereocenters. The number of Topliss-reactive ketones (excluding diaryl/α,β-unsaturated/α-hetero) is 1. The van der Waals surface area contributed by atoms with Gasteiger partial charge in [0, 0.05) is 10.3 Å². The first-order chi connectivity index (χ1) is 14.9. The molecule has 0 N–H and O–H groups in total. The van der Waals surface area contributed by atoms with Crippen molar-refractivity contribution >= 4 is 38.3 Å². The van der Waals surface area contributed by atoms with Gasteiger partial charge in [0.05, 0.1) is 18.5 Å². The highest BCUT2D eigenvalue weighted by molar-refractivity contribution is 7.18. The summed E-state index contributed by atoms with van der Waals surface area (Å²) in [5.41, 5.74) is 1.69. The summed E-state index contributed by atoms with van der Waals surface area (Å²) in [7, 11) is 3.87. The molecule has 7 heteroatoms. The summed E-state index contributed by atoms with van der Waals surface area (Å²) in [6.07, 6.45) is 2.98. The Morgan fingerprint density at radius 1 is 1.32 bits per heavy atom. The van der Waals surface area contributed by atoms with E-state index in [9.17, 15) is 9.59 Å². The van der Waals surface area contributed by atoms with Crippen LogP contribution in [0.3, 0.4) is 0 Å². The van der Waals surface area contributed by atoms with E-state index >= 15 is 0 Å². The number of para-hydroxylation sites is 1. The summed E-state index contributed by atoms with van der Waals surface area (Å²) in [5.74, 6) is 1.28. The van der Waals surface area contributed by atoms with Crippen molar-refractivity contribution in [1.82, 2.24) is 14.5 Å². The van der Waals surface area contributed by atoms with Crippen LogP contribution in [0.2, 0.25) is 0 Å². The molecule has 0 saturated carbocycles. The number of furan rings is 1. The van der Waals surface area contributed by atoms with E-state index < -0.39 is 0 Å². The number of hydrogen-bond acceptors (Lipinski definition) is 6. The molecule has 1 aliphatic rings. The second-order valence-corrected chi connectivity index (χ2v) is 9.84. The lowest BCUT2D eigenvalue weighted by Gasteiger charge is -2.18. The van der Waals surface area contributed by atoms with Gasteiger partial charge in [0.25, 0.3) is 5.56 Å². The number of thiophene rings is 1. The second-order valence-electron chi connectivity index (χ2n) is 8.76. The molecule has 3 heterocycles. The number of aryl methyl sites for hydroxylation is 1. The number of rotatable bonds is 5. The van der Waals surface area contributed by atoms with E-state index in [1.54, 1.807) is 22.0 Å². The maximum absolute atomic E-state index is 13.6. The lowest BCUT2D eigenvalue weighted by molar-refractivity contribution is 0.0943. The van der Waals surface area contributed by atoms with Crippen LogP contribution in [0.15, 0.2) is 39.5 Å². The van der Waals surface area contributed by atoms with Crippen molar-refractivity contribution in [2.45, 2.75) is 39.3 Å². The number of hydrogen-bond donors (Lipinski definition) is 0.